The van der Waals surface area contributed by atoms with E-state index in [1.165, 1.54) is 0 Å². The monoisotopic (exact) mass is 302 g/mol. The van der Waals surface area contributed by atoms with E-state index in [1.807, 2.05) is 13.8 Å². The Labute approximate surface area is 122 Å². The van der Waals surface area contributed by atoms with Gasteiger partial charge in [-0.05, 0) is 32.0 Å². The van der Waals surface area contributed by atoms with Crippen molar-refractivity contribution in [2.75, 3.05) is 6.61 Å². The summed E-state index contributed by atoms with van der Waals surface area (Å²) in [5.41, 5.74) is 0. The molecule has 0 aromatic rings. The molecule has 2 aliphatic rings. The molecule has 0 aromatic heterocycles. The molecule has 0 saturated carbocycles. The fourth-order valence-corrected chi connectivity index (χ4v) is 3.55. The van der Waals surface area contributed by atoms with Gasteiger partial charge in [-0.3, -0.25) is 0 Å². The first-order valence-electron chi connectivity index (χ1n) is 7.13. The van der Waals surface area contributed by atoms with Crippen molar-refractivity contribution in [2.24, 2.45) is 0 Å². The number of ether oxygens (including phenoxy) is 3. The molecule has 2 fully saturated rings. The van der Waals surface area contributed by atoms with Crippen LogP contribution in [0.4, 0.5) is 0 Å². The van der Waals surface area contributed by atoms with E-state index in [-0.39, 0.29) is 29.8 Å². The van der Waals surface area contributed by atoms with Crippen molar-refractivity contribution >= 4 is 14.3 Å². The number of carbonyl (C=O) groups excluding carboxylic acids is 1. The van der Waals surface area contributed by atoms with Gasteiger partial charge in [-0.15, -0.1) is 0 Å². The average molecular weight is 302 g/mol. The molecule has 0 spiro atoms. The molecule has 0 unspecified atom stereocenters. The second-order valence-corrected chi connectivity index (χ2v) is 12.3. The average Bonchev–Trinajstić information content (AvgIpc) is 2.57. The van der Waals surface area contributed by atoms with Crippen LogP contribution >= 0.6 is 0 Å². The zero-order valence-corrected chi connectivity index (χ0v) is 14.5. The molecule has 5 nitrogen and oxygen atoms in total. The minimum absolute atomic E-state index is 0.0962. The molecular weight excluding hydrogens is 276 g/mol. The Kier molecular flexibility index (Phi) is 3.82. The van der Waals surface area contributed by atoms with Gasteiger partial charge >= 0.3 is 5.97 Å². The summed E-state index contributed by atoms with van der Waals surface area (Å²) < 4.78 is 23.1. The van der Waals surface area contributed by atoms with E-state index in [9.17, 15) is 4.79 Å². The van der Waals surface area contributed by atoms with Gasteiger partial charge in [0.15, 0.2) is 20.2 Å². The Bertz CT molecular complexity index is 399. The highest BCUT2D eigenvalue weighted by atomic mass is 28.4. The maximum atomic E-state index is 11.8. The maximum Gasteiger partial charge on any atom is 0.338 e. The van der Waals surface area contributed by atoms with Gasteiger partial charge in [0.1, 0.15) is 18.8 Å². The quantitative estimate of drug-likeness (QED) is 0.579. The lowest BCUT2D eigenvalue weighted by atomic mass is 10.1. The van der Waals surface area contributed by atoms with Crippen molar-refractivity contribution in [3.05, 3.63) is 0 Å². The molecule has 116 valence electrons. The molecule has 3 atom stereocenters. The second kappa shape index (κ2) is 4.80. The number of fused-ring (bicyclic) bond motifs is 1. The molecule has 0 aliphatic carbocycles. The molecule has 0 bridgehead atoms. The lowest BCUT2D eigenvalue weighted by Crippen LogP contribution is -2.55. The van der Waals surface area contributed by atoms with Crippen LogP contribution in [0.15, 0.2) is 0 Å². The summed E-state index contributed by atoms with van der Waals surface area (Å²) in [5, 5.41) is 0.0962. The van der Waals surface area contributed by atoms with E-state index < -0.39 is 20.2 Å². The molecule has 0 aromatic carbocycles. The van der Waals surface area contributed by atoms with Gasteiger partial charge in [0, 0.05) is 0 Å². The molecule has 6 heteroatoms. The predicted molar refractivity (Wildman–Crippen MR) is 76.9 cm³/mol. The number of carbonyl (C=O) groups is 1. The fraction of sp³-hybridized carbons (Fsp3) is 0.929. The Hall–Kier alpha value is -0.433. The third-order valence-corrected chi connectivity index (χ3v) is 8.87. The first kappa shape index (κ1) is 15.9. The smallest absolute Gasteiger partial charge is 0.338 e. The van der Waals surface area contributed by atoms with Crippen molar-refractivity contribution in [3.8, 4) is 0 Å². The maximum absolute atomic E-state index is 11.8. The van der Waals surface area contributed by atoms with Gasteiger partial charge in [0.05, 0.1) is 0 Å². The molecule has 20 heavy (non-hydrogen) atoms. The van der Waals surface area contributed by atoms with E-state index in [0.29, 0.717) is 0 Å². The zero-order chi connectivity index (χ0) is 15.3. The molecule has 2 saturated heterocycles. The molecule has 0 amide bonds. The second-order valence-electron chi connectivity index (χ2n) is 7.57. The van der Waals surface area contributed by atoms with Crippen molar-refractivity contribution in [1.29, 1.82) is 0 Å². The minimum Gasteiger partial charge on any atom is -0.461 e. The van der Waals surface area contributed by atoms with Gasteiger partial charge < -0.3 is 18.6 Å². The summed E-state index contributed by atoms with van der Waals surface area (Å²) in [7, 11) is -1.95. The van der Waals surface area contributed by atoms with Crippen LogP contribution in [-0.2, 0) is 23.4 Å². The van der Waals surface area contributed by atoms with E-state index in [1.54, 1.807) is 0 Å². The standard InChI is InChI=1S/C14H26O5Si/c1-13(2,3)20(6,7)19-9-8-16-12(15)11-10(9)17-14(4,5)18-11/h9-11H,8H2,1-7H3/t9-,10-,11-/m1/s1. The highest BCUT2D eigenvalue weighted by Gasteiger charge is 2.54. The summed E-state index contributed by atoms with van der Waals surface area (Å²) in [6.45, 7) is 14.8. The summed E-state index contributed by atoms with van der Waals surface area (Å²) in [6.07, 6.45) is -1.30. The van der Waals surface area contributed by atoms with Crippen LogP contribution in [0.1, 0.15) is 34.6 Å². The summed E-state index contributed by atoms with van der Waals surface area (Å²) in [5.74, 6) is -1.12. The third kappa shape index (κ3) is 2.93. The first-order valence-corrected chi connectivity index (χ1v) is 10.0. The third-order valence-electron chi connectivity index (χ3n) is 4.37. The Morgan fingerprint density at radius 1 is 1.25 bits per heavy atom. The van der Waals surface area contributed by atoms with E-state index in [4.69, 9.17) is 18.6 Å². The molecule has 2 rings (SSSR count). The number of hydrogen-bond donors (Lipinski definition) is 0. The van der Waals surface area contributed by atoms with Crippen molar-refractivity contribution in [2.45, 2.75) is 76.8 Å². The summed E-state index contributed by atoms with van der Waals surface area (Å²) in [4.78, 5) is 11.8. The molecule has 0 N–H and O–H groups in total. The fourth-order valence-electron chi connectivity index (χ4n) is 2.24. The molecule has 2 aliphatic heterocycles. The number of hydrogen-bond acceptors (Lipinski definition) is 5. The van der Waals surface area contributed by atoms with Crippen LogP contribution in [0.5, 0.6) is 0 Å². The van der Waals surface area contributed by atoms with Gasteiger partial charge in [0.25, 0.3) is 0 Å². The predicted octanol–water partition coefficient (Wildman–Crippen LogP) is 2.45. The van der Waals surface area contributed by atoms with Crippen molar-refractivity contribution in [1.82, 2.24) is 0 Å². The van der Waals surface area contributed by atoms with E-state index in [0.717, 1.165) is 0 Å². The van der Waals surface area contributed by atoms with Crippen LogP contribution in [-0.4, -0.2) is 45.0 Å². The molecular formula is C14H26O5Si. The first-order chi connectivity index (χ1) is 8.93. The Morgan fingerprint density at radius 2 is 1.85 bits per heavy atom. The van der Waals surface area contributed by atoms with Crippen LogP contribution in [0, 0.1) is 0 Å². The van der Waals surface area contributed by atoms with Crippen LogP contribution in [0.2, 0.25) is 18.1 Å². The SMILES string of the molecule is CC1(C)O[C@@H]2[C@H](O[Si](C)(C)C(C)(C)C)COC(=O)[C@@H]2O1. The number of cyclic esters (lactones) is 1. The highest BCUT2D eigenvalue weighted by Crippen LogP contribution is 2.40. The highest BCUT2D eigenvalue weighted by molar-refractivity contribution is 6.74. The Balaban J connectivity index is 2.15. The van der Waals surface area contributed by atoms with Gasteiger partial charge in [-0.25, -0.2) is 4.79 Å². The lowest BCUT2D eigenvalue weighted by Gasteiger charge is -2.42. The summed E-state index contributed by atoms with van der Waals surface area (Å²) >= 11 is 0. The Morgan fingerprint density at radius 3 is 2.40 bits per heavy atom. The molecule has 2 heterocycles. The van der Waals surface area contributed by atoms with Crippen molar-refractivity contribution < 1.29 is 23.4 Å². The van der Waals surface area contributed by atoms with Crippen molar-refractivity contribution in [3.63, 3.8) is 0 Å². The van der Waals surface area contributed by atoms with E-state index in [2.05, 4.69) is 33.9 Å². The largest absolute Gasteiger partial charge is 0.461 e. The molecule has 0 radical (unpaired) electrons. The van der Waals surface area contributed by atoms with Gasteiger partial charge in [-0.1, -0.05) is 20.8 Å². The minimum atomic E-state index is -1.95. The van der Waals surface area contributed by atoms with E-state index >= 15 is 0 Å². The zero-order valence-electron chi connectivity index (χ0n) is 13.5. The summed E-state index contributed by atoms with van der Waals surface area (Å²) in [6, 6.07) is 0. The van der Waals surface area contributed by atoms with Crippen LogP contribution in [0.3, 0.4) is 0 Å². The number of esters is 1. The normalized spacial score (nSPS) is 33.8. The lowest BCUT2D eigenvalue weighted by molar-refractivity contribution is -0.171. The topological polar surface area (TPSA) is 54.0 Å². The number of rotatable bonds is 2. The van der Waals surface area contributed by atoms with Crippen LogP contribution < -0.4 is 0 Å². The van der Waals surface area contributed by atoms with Gasteiger partial charge in [-0.2, -0.15) is 0 Å². The van der Waals surface area contributed by atoms with Crippen LogP contribution in [0.25, 0.3) is 0 Å². The van der Waals surface area contributed by atoms with Gasteiger partial charge in [0.2, 0.25) is 0 Å².